The number of nitroso groups, excluding NO2 is 2. The summed E-state index contributed by atoms with van der Waals surface area (Å²) in [5.74, 6) is 0. The molecule has 0 atom stereocenters. The van der Waals surface area contributed by atoms with Gasteiger partial charge in [0.2, 0.25) is 0 Å². The second-order valence-corrected chi connectivity index (χ2v) is 1.85. The van der Waals surface area contributed by atoms with Crippen LogP contribution in [0.2, 0.25) is 0 Å². The third kappa shape index (κ3) is 1.60. The van der Waals surface area contributed by atoms with Crippen LogP contribution in [-0.4, -0.2) is 18.0 Å². The molecule has 0 saturated heterocycles. The summed E-state index contributed by atoms with van der Waals surface area (Å²) in [4.78, 5) is 18.7. The number of alkyl halides is 6. The summed E-state index contributed by atoms with van der Waals surface area (Å²) in [7, 11) is 0. The van der Waals surface area contributed by atoms with E-state index in [9.17, 15) is 36.2 Å². The lowest BCUT2D eigenvalue weighted by Crippen LogP contribution is -2.53. The third-order valence-electron chi connectivity index (χ3n) is 1.05. The Morgan fingerprint density at radius 2 is 0.923 bits per heavy atom. The Balaban J connectivity index is 5.43. The fourth-order valence-electron chi connectivity index (χ4n) is 0.384. The molecule has 4 nitrogen and oxygen atoms in total. The molecule has 0 aliphatic heterocycles. The van der Waals surface area contributed by atoms with Gasteiger partial charge in [0.15, 0.2) is 0 Å². The van der Waals surface area contributed by atoms with E-state index in [1.54, 1.807) is 0 Å². The second kappa shape index (κ2) is 2.92. The molecule has 76 valence electrons. The van der Waals surface area contributed by atoms with Gasteiger partial charge >= 0.3 is 18.0 Å². The van der Waals surface area contributed by atoms with Crippen LogP contribution in [0.5, 0.6) is 0 Å². The van der Waals surface area contributed by atoms with Crippen LogP contribution in [0.15, 0.2) is 10.4 Å². The molecular formula is C3F6N2O2. The van der Waals surface area contributed by atoms with Gasteiger partial charge in [0, 0.05) is 0 Å². The Bertz CT molecular complexity index is 195. The summed E-state index contributed by atoms with van der Waals surface area (Å²) in [6, 6.07) is 0. The second-order valence-electron chi connectivity index (χ2n) is 1.85. The van der Waals surface area contributed by atoms with Crippen molar-refractivity contribution in [1.82, 2.24) is 0 Å². The van der Waals surface area contributed by atoms with Crippen molar-refractivity contribution in [1.29, 1.82) is 0 Å². The van der Waals surface area contributed by atoms with Crippen LogP contribution in [0.3, 0.4) is 0 Å². The van der Waals surface area contributed by atoms with Gasteiger partial charge in [0.05, 0.1) is 0 Å². The summed E-state index contributed by atoms with van der Waals surface area (Å²) < 4.78 is 69.4. The number of nitrogens with zero attached hydrogens (tertiary/aromatic N) is 2. The number of rotatable bonds is 2. The number of halogens is 6. The van der Waals surface area contributed by atoms with Crippen LogP contribution in [0.1, 0.15) is 0 Å². The first-order chi connectivity index (χ1) is 5.62. The van der Waals surface area contributed by atoms with Gasteiger partial charge in [-0.15, -0.1) is 9.81 Å². The van der Waals surface area contributed by atoms with Crippen LogP contribution in [-0.2, 0) is 0 Å². The van der Waals surface area contributed by atoms with Crippen molar-refractivity contribution in [3.8, 4) is 0 Å². The fraction of sp³-hybridized carbons (Fsp3) is 1.00. The summed E-state index contributed by atoms with van der Waals surface area (Å²) in [6.07, 6.45) is -12.4. The topological polar surface area (TPSA) is 58.9 Å². The van der Waals surface area contributed by atoms with E-state index in [4.69, 9.17) is 0 Å². The van der Waals surface area contributed by atoms with Crippen LogP contribution < -0.4 is 0 Å². The van der Waals surface area contributed by atoms with Crippen LogP contribution in [0, 0.1) is 9.81 Å². The highest BCUT2D eigenvalue weighted by atomic mass is 19.4. The largest absolute Gasteiger partial charge is 0.451 e. The lowest BCUT2D eigenvalue weighted by Gasteiger charge is -2.23. The predicted octanol–water partition coefficient (Wildman–Crippen LogP) is 2.34. The molecule has 0 aliphatic rings. The van der Waals surface area contributed by atoms with Crippen molar-refractivity contribution >= 4 is 0 Å². The molecule has 0 aromatic carbocycles. The predicted molar refractivity (Wildman–Crippen MR) is 26.4 cm³/mol. The molecule has 0 N–H and O–H groups in total. The van der Waals surface area contributed by atoms with Crippen LogP contribution in [0.25, 0.3) is 0 Å². The first-order valence-electron chi connectivity index (χ1n) is 2.45. The van der Waals surface area contributed by atoms with Crippen molar-refractivity contribution in [2.45, 2.75) is 18.0 Å². The van der Waals surface area contributed by atoms with Gasteiger partial charge in [-0.3, -0.25) is 0 Å². The molecule has 0 aliphatic carbocycles. The Kier molecular flexibility index (Phi) is 2.65. The Hall–Kier alpha value is -1.22. The number of hydrogen-bond donors (Lipinski definition) is 0. The Morgan fingerprint density at radius 3 is 0.923 bits per heavy atom. The molecule has 0 unspecified atom stereocenters. The summed E-state index contributed by atoms with van der Waals surface area (Å²) >= 11 is 0. The summed E-state index contributed by atoms with van der Waals surface area (Å²) in [6.45, 7) is 0. The average molecular weight is 210 g/mol. The average Bonchev–Trinajstić information content (AvgIpc) is 1.84. The van der Waals surface area contributed by atoms with Crippen molar-refractivity contribution in [3.63, 3.8) is 0 Å². The van der Waals surface area contributed by atoms with E-state index >= 15 is 0 Å². The number of hydrogen-bond acceptors (Lipinski definition) is 4. The summed E-state index contributed by atoms with van der Waals surface area (Å²) in [5, 5.41) is 1.40. The maximum absolute atomic E-state index is 11.6. The Labute approximate surface area is 65.9 Å². The minimum atomic E-state index is -6.19. The smallest absolute Gasteiger partial charge is 0.166 e. The quantitative estimate of drug-likeness (QED) is 0.518. The lowest BCUT2D eigenvalue weighted by atomic mass is 10.2. The van der Waals surface area contributed by atoms with Gasteiger partial charge in [0.25, 0.3) is 0 Å². The van der Waals surface area contributed by atoms with Crippen molar-refractivity contribution in [2.24, 2.45) is 10.4 Å². The normalized spacial score (nSPS) is 14.0. The van der Waals surface area contributed by atoms with E-state index < -0.39 is 18.0 Å². The molecule has 0 rings (SSSR count). The molecule has 0 radical (unpaired) electrons. The zero-order valence-electron chi connectivity index (χ0n) is 5.48. The van der Waals surface area contributed by atoms with Gasteiger partial charge in [-0.25, -0.2) is 0 Å². The molecule has 0 aromatic rings. The molecule has 13 heavy (non-hydrogen) atoms. The SMILES string of the molecule is O=NC(N=O)(C(F)(F)F)C(F)(F)F. The van der Waals surface area contributed by atoms with Crippen molar-refractivity contribution in [2.75, 3.05) is 0 Å². The standard InChI is InChI=1S/C3F6N2O2/c4-2(5,6)1(10-12,11-13)3(7,8)9. The molecule has 0 fully saturated rings. The van der Waals surface area contributed by atoms with E-state index in [0.29, 0.717) is 10.4 Å². The van der Waals surface area contributed by atoms with Gasteiger partial charge < -0.3 is 0 Å². The molecule has 0 saturated carbocycles. The zero-order chi connectivity index (χ0) is 10.9. The highest BCUT2D eigenvalue weighted by Gasteiger charge is 2.76. The molecule has 0 amide bonds. The van der Waals surface area contributed by atoms with Gasteiger partial charge in [-0.2, -0.15) is 26.3 Å². The van der Waals surface area contributed by atoms with E-state index in [1.165, 1.54) is 0 Å². The van der Waals surface area contributed by atoms with E-state index in [2.05, 4.69) is 0 Å². The van der Waals surface area contributed by atoms with E-state index in [1.807, 2.05) is 0 Å². The molecule has 0 spiro atoms. The highest BCUT2D eigenvalue weighted by molar-refractivity contribution is 4.99. The fourth-order valence-corrected chi connectivity index (χ4v) is 0.384. The molecule has 0 bridgehead atoms. The minimum Gasteiger partial charge on any atom is -0.166 e. The monoisotopic (exact) mass is 210 g/mol. The lowest BCUT2D eigenvalue weighted by molar-refractivity contribution is -0.293. The van der Waals surface area contributed by atoms with Crippen molar-refractivity contribution in [3.05, 3.63) is 9.81 Å². The van der Waals surface area contributed by atoms with Gasteiger partial charge in [-0.05, 0) is 10.4 Å². The van der Waals surface area contributed by atoms with Crippen molar-refractivity contribution < 1.29 is 26.3 Å². The maximum Gasteiger partial charge on any atom is 0.451 e. The van der Waals surface area contributed by atoms with Gasteiger partial charge in [-0.1, -0.05) is 0 Å². The van der Waals surface area contributed by atoms with E-state index in [0.717, 1.165) is 0 Å². The van der Waals surface area contributed by atoms with E-state index in [-0.39, 0.29) is 0 Å². The maximum atomic E-state index is 11.6. The first kappa shape index (κ1) is 11.8. The molecular weight excluding hydrogens is 210 g/mol. The van der Waals surface area contributed by atoms with Crippen LogP contribution >= 0.6 is 0 Å². The highest BCUT2D eigenvalue weighted by Crippen LogP contribution is 2.46. The summed E-state index contributed by atoms with van der Waals surface area (Å²) in [5.41, 5.74) is -5.40. The first-order valence-corrected chi connectivity index (χ1v) is 2.45. The molecule has 10 heteroatoms. The van der Waals surface area contributed by atoms with Crippen LogP contribution in [0.4, 0.5) is 26.3 Å². The Morgan fingerprint density at radius 1 is 0.692 bits per heavy atom. The van der Waals surface area contributed by atoms with Gasteiger partial charge in [0.1, 0.15) is 0 Å². The molecule has 0 aromatic heterocycles. The zero-order valence-corrected chi connectivity index (χ0v) is 5.48. The molecule has 0 heterocycles. The third-order valence-corrected chi connectivity index (χ3v) is 1.05. The minimum absolute atomic E-state index is 0.701.